The SMILES string of the molecule is CN(CC(=O)N1CCc2c(nc(C(=O)Nc3cccc(-c4ccnc(Cl)c4Cl)c3Cl)n2C)C1)C(=O)OC(C)(C)C. The van der Waals surface area contributed by atoms with Gasteiger partial charge in [-0.15, -0.1) is 0 Å². The third-order valence-electron chi connectivity index (χ3n) is 6.27. The molecule has 1 aliphatic rings. The highest BCUT2D eigenvalue weighted by Crippen LogP contribution is 2.39. The molecule has 1 aliphatic heterocycles. The largest absolute Gasteiger partial charge is 0.444 e. The molecule has 0 atom stereocenters. The maximum absolute atomic E-state index is 13.3. The molecule has 3 heterocycles. The van der Waals surface area contributed by atoms with Crippen LogP contribution in [-0.2, 0) is 29.5 Å². The van der Waals surface area contributed by atoms with E-state index in [1.54, 1.807) is 61.6 Å². The highest BCUT2D eigenvalue weighted by atomic mass is 35.5. The summed E-state index contributed by atoms with van der Waals surface area (Å²) in [6, 6.07) is 6.86. The summed E-state index contributed by atoms with van der Waals surface area (Å²) in [4.78, 5) is 49.8. The number of amides is 3. The lowest BCUT2D eigenvalue weighted by molar-refractivity contribution is -0.133. The van der Waals surface area contributed by atoms with Gasteiger partial charge in [-0.25, -0.2) is 14.8 Å². The average molecular weight is 608 g/mol. The number of pyridine rings is 1. The van der Waals surface area contributed by atoms with Crippen molar-refractivity contribution in [3.8, 4) is 11.1 Å². The molecule has 0 aliphatic carbocycles. The number of halogens is 3. The van der Waals surface area contributed by atoms with Crippen molar-refractivity contribution in [2.75, 3.05) is 25.5 Å². The van der Waals surface area contributed by atoms with Crippen LogP contribution in [0.4, 0.5) is 10.5 Å². The fraction of sp³-hybridized carbons (Fsp3) is 0.370. The monoisotopic (exact) mass is 606 g/mol. The second-order valence-electron chi connectivity index (χ2n) is 10.4. The van der Waals surface area contributed by atoms with Gasteiger partial charge in [-0.05, 0) is 32.9 Å². The lowest BCUT2D eigenvalue weighted by atomic mass is 10.1. The molecule has 3 amide bonds. The van der Waals surface area contributed by atoms with Crippen molar-refractivity contribution in [2.24, 2.45) is 7.05 Å². The molecule has 1 aromatic carbocycles. The zero-order valence-electron chi connectivity index (χ0n) is 22.7. The Bertz CT molecular complexity index is 1480. The van der Waals surface area contributed by atoms with E-state index >= 15 is 0 Å². The molecule has 0 spiro atoms. The highest BCUT2D eigenvalue weighted by molar-refractivity contribution is 6.44. The number of hydrogen-bond donors (Lipinski definition) is 1. The molecule has 0 saturated heterocycles. The summed E-state index contributed by atoms with van der Waals surface area (Å²) in [5, 5.41) is 3.51. The number of fused-ring (bicyclic) bond motifs is 1. The van der Waals surface area contributed by atoms with E-state index in [0.29, 0.717) is 35.5 Å². The molecular weight excluding hydrogens is 579 g/mol. The Morgan fingerprint density at radius 3 is 2.50 bits per heavy atom. The standard InChI is InChI=1S/C27H29Cl3N6O4/c1-27(2,3)40-26(39)34(4)14-20(37)36-12-10-19-18(13-36)32-24(35(19)5)25(38)33-17-8-6-7-15(21(17)28)16-9-11-31-23(30)22(16)29/h6-9,11H,10,12-14H2,1-5H3,(H,33,38). The number of ether oxygens (including phenoxy) is 1. The van der Waals surface area contributed by atoms with E-state index in [1.165, 1.54) is 18.1 Å². The van der Waals surface area contributed by atoms with Crippen LogP contribution in [0.15, 0.2) is 30.5 Å². The third kappa shape index (κ3) is 6.35. The Morgan fingerprint density at radius 2 is 1.80 bits per heavy atom. The molecule has 2 aromatic heterocycles. The minimum atomic E-state index is -0.662. The van der Waals surface area contributed by atoms with E-state index < -0.39 is 17.6 Å². The number of nitrogens with one attached hydrogen (secondary N) is 1. The van der Waals surface area contributed by atoms with Gasteiger partial charge < -0.3 is 24.4 Å². The third-order valence-corrected chi connectivity index (χ3v) is 7.45. The molecule has 0 saturated carbocycles. The van der Waals surface area contributed by atoms with Gasteiger partial charge in [-0.2, -0.15) is 0 Å². The van der Waals surface area contributed by atoms with Gasteiger partial charge in [0.15, 0.2) is 5.82 Å². The molecule has 40 heavy (non-hydrogen) atoms. The van der Waals surface area contributed by atoms with E-state index in [2.05, 4.69) is 15.3 Å². The molecule has 0 bridgehead atoms. The number of likely N-dealkylation sites (N-methyl/N-ethyl adjacent to an activating group) is 1. The molecule has 212 valence electrons. The normalized spacial score (nSPS) is 13.1. The first-order valence-corrected chi connectivity index (χ1v) is 13.6. The van der Waals surface area contributed by atoms with Gasteiger partial charge in [0.1, 0.15) is 17.3 Å². The first-order chi connectivity index (χ1) is 18.8. The lowest BCUT2D eigenvalue weighted by Crippen LogP contribution is -2.44. The zero-order valence-corrected chi connectivity index (χ0v) is 25.0. The molecule has 1 N–H and O–H groups in total. The van der Waals surface area contributed by atoms with Crippen molar-refractivity contribution >= 4 is 58.4 Å². The quantitative estimate of drug-likeness (QED) is 0.387. The molecular formula is C27H29Cl3N6O4. The van der Waals surface area contributed by atoms with Crippen LogP contribution >= 0.6 is 34.8 Å². The summed E-state index contributed by atoms with van der Waals surface area (Å²) in [6.07, 6.45) is 1.45. The van der Waals surface area contributed by atoms with Crippen LogP contribution in [0.3, 0.4) is 0 Å². The fourth-order valence-electron chi connectivity index (χ4n) is 4.29. The summed E-state index contributed by atoms with van der Waals surface area (Å²) in [5.74, 6) is -0.525. The second-order valence-corrected chi connectivity index (χ2v) is 11.5. The van der Waals surface area contributed by atoms with E-state index in [0.717, 1.165) is 5.69 Å². The molecule has 4 rings (SSSR count). The maximum atomic E-state index is 13.3. The van der Waals surface area contributed by atoms with Crippen molar-refractivity contribution in [1.29, 1.82) is 0 Å². The number of aromatic nitrogens is 3. The van der Waals surface area contributed by atoms with Crippen molar-refractivity contribution in [3.05, 3.63) is 62.9 Å². The number of nitrogens with zero attached hydrogens (tertiary/aromatic N) is 5. The number of anilines is 1. The summed E-state index contributed by atoms with van der Waals surface area (Å²) < 4.78 is 7.04. The Balaban J connectivity index is 1.48. The topological polar surface area (TPSA) is 110 Å². The number of imidazole rings is 1. The molecule has 0 unspecified atom stereocenters. The molecule has 0 fully saturated rings. The molecule has 13 heteroatoms. The van der Waals surface area contributed by atoms with Crippen LogP contribution in [0.25, 0.3) is 11.1 Å². The van der Waals surface area contributed by atoms with Gasteiger partial charge in [-0.1, -0.05) is 46.9 Å². The van der Waals surface area contributed by atoms with Gasteiger partial charge in [0.05, 0.1) is 28.0 Å². The van der Waals surface area contributed by atoms with E-state index in [9.17, 15) is 14.4 Å². The molecule has 3 aromatic rings. The Labute approximate surface area is 247 Å². The first-order valence-electron chi connectivity index (χ1n) is 12.4. The first kappa shape index (κ1) is 29.6. The van der Waals surface area contributed by atoms with Gasteiger partial charge in [-0.3, -0.25) is 9.59 Å². The summed E-state index contributed by atoms with van der Waals surface area (Å²) in [5.41, 5.74) is 2.34. The summed E-state index contributed by atoms with van der Waals surface area (Å²) in [6.45, 7) is 5.80. The second kappa shape index (κ2) is 11.6. The zero-order chi connectivity index (χ0) is 29.4. The van der Waals surface area contributed by atoms with Crippen LogP contribution in [0, 0.1) is 0 Å². The van der Waals surface area contributed by atoms with Crippen molar-refractivity contribution in [2.45, 2.75) is 39.3 Å². The maximum Gasteiger partial charge on any atom is 0.410 e. The van der Waals surface area contributed by atoms with Gasteiger partial charge in [0, 0.05) is 50.1 Å². The number of rotatable bonds is 5. The van der Waals surface area contributed by atoms with Crippen LogP contribution < -0.4 is 5.32 Å². The van der Waals surface area contributed by atoms with Crippen LogP contribution in [0.1, 0.15) is 42.8 Å². The predicted octanol–water partition coefficient (Wildman–Crippen LogP) is 5.45. The molecule has 10 nitrogen and oxygen atoms in total. The van der Waals surface area contributed by atoms with Crippen LogP contribution in [0.5, 0.6) is 0 Å². The van der Waals surface area contributed by atoms with Crippen molar-refractivity contribution in [1.82, 2.24) is 24.3 Å². The van der Waals surface area contributed by atoms with Crippen molar-refractivity contribution in [3.63, 3.8) is 0 Å². The van der Waals surface area contributed by atoms with Gasteiger partial charge >= 0.3 is 6.09 Å². The Kier molecular flexibility index (Phi) is 8.63. The van der Waals surface area contributed by atoms with Crippen molar-refractivity contribution < 1.29 is 19.1 Å². The minimum absolute atomic E-state index is 0.133. The Morgan fingerprint density at radius 1 is 1.10 bits per heavy atom. The number of benzene rings is 1. The number of hydrogen-bond acceptors (Lipinski definition) is 6. The average Bonchev–Trinajstić information content (AvgIpc) is 3.22. The van der Waals surface area contributed by atoms with E-state index in [-0.39, 0.29) is 40.0 Å². The van der Waals surface area contributed by atoms with E-state index in [1.807, 2.05) is 0 Å². The van der Waals surface area contributed by atoms with Crippen LogP contribution in [-0.4, -0.2) is 68.0 Å². The summed E-state index contributed by atoms with van der Waals surface area (Å²) >= 11 is 19.0. The Hall–Kier alpha value is -3.34. The smallest absolute Gasteiger partial charge is 0.410 e. The fourth-order valence-corrected chi connectivity index (χ4v) is 4.94. The van der Waals surface area contributed by atoms with Gasteiger partial charge in [0.25, 0.3) is 5.91 Å². The van der Waals surface area contributed by atoms with E-state index in [4.69, 9.17) is 39.5 Å². The predicted molar refractivity (Wildman–Crippen MR) is 154 cm³/mol. The van der Waals surface area contributed by atoms with Gasteiger partial charge in [0.2, 0.25) is 5.91 Å². The highest BCUT2D eigenvalue weighted by Gasteiger charge is 2.30. The van der Waals surface area contributed by atoms with Crippen LogP contribution in [0.2, 0.25) is 15.2 Å². The lowest BCUT2D eigenvalue weighted by Gasteiger charge is -2.29. The number of carbonyl (C=O) groups excluding carboxylic acids is 3. The molecule has 0 radical (unpaired) electrons. The minimum Gasteiger partial charge on any atom is -0.444 e. The number of carbonyl (C=O) groups is 3. The summed E-state index contributed by atoms with van der Waals surface area (Å²) in [7, 11) is 3.27.